The smallest absolute Gasteiger partial charge is 0.253 e. The van der Waals surface area contributed by atoms with E-state index in [4.69, 9.17) is 20.5 Å². The number of nitrogens with zero attached hydrogens (tertiary/aromatic N) is 5. The lowest BCUT2D eigenvalue weighted by Crippen LogP contribution is -1.95. The van der Waals surface area contributed by atoms with E-state index in [2.05, 4.69) is 20.3 Å². The maximum atomic E-state index is 6.12. The number of imidazole rings is 1. The lowest BCUT2D eigenvalue weighted by molar-refractivity contribution is 0.399. The van der Waals surface area contributed by atoms with Crippen LogP contribution in [0.5, 0.6) is 0 Å². The van der Waals surface area contributed by atoms with Crippen molar-refractivity contribution in [1.29, 1.82) is 0 Å². The van der Waals surface area contributed by atoms with E-state index in [1.165, 1.54) is 11.8 Å². The van der Waals surface area contributed by atoms with Crippen molar-refractivity contribution in [2.24, 2.45) is 0 Å². The van der Waals surface area contributed by atoms with Crippen LogP contribution in [-0.4, -0.2) is 24.9 Å². The molecule has 0 N–H and O–H groups in total. The second-order valence-electron chi connectivity index (χ2n) is 6.68. The first-order valence-electron chi connectivity index (χ1n) is 9.45. The van der Waals surface area contributed by atoms with Crippen LogP contribution in [0.1, 0.15) is 11.7 Å². The monoisotopic (exact) mass is 449 g/mol. The van der Waals surface area contributed by atoms with Gasteiger partial charge in [0.1, 0.15) is 17.0 Å². The van der Waals surface area contributed by atoms with Crippen molar-refractivity contribution in [2.45, 2.75) is 17.8 Å². The summed E-state index contributed by atoms with van der Waals surface area (Å²) in [6, 6.07) is 17.4. The van der Waals surface area contributed by atoms with E-state index in [1.807, 2.05) is 72.3 Å². The number of aryl methyl sites for hydroxylation is 1. The Morgan fingerprint density at radius 3 is 2.77 bits per heavy atom. The summed E-state index contributed by atoms with van der Waals surface area (Å²) in [7, 11) is 0. The second-order valence-corrected chi connectivity index (χ2v) is 8.06. The van der Waals surface area contributed by atoms with Crippen molar-refractivity contribution in [2.75, 3.05) is 0 Å². The summed E-state index contributed by atoms with van der Waals surface area (Å²) in [5.41, 5.74) is 3.24. The number of hydrogen-bond donors (Lipinski definition) is 0. The van der Waals surface area contributed by atoms with Crippen LogP contribution in [0.3, 0.4) is 0 Å². The van der Waals surface area contributed by atoms with E-state index in [0.29, 0.717) is 39.6 Å². The van der Waals surface area contributed by atoms with Crippen LogP contribution in [0, 0.1) is 6.92 Å². The molecule has 154 valence electrons. The fourth-order valence-electron chi connectivity index (χ4n) is 3.18. The van der Waals surface area contributed by atoms with Gasteiger partial charge < -0.3 is 8.94 Å². The Balaban J connectivity index is 1.37. The molecule has 0 saturated heterocycles. The average Bonchev–Trinajstić information content (AvgIpc) is 3.52. The minimum atomic E-state index is 0.381. The second kappa shape index (κ2) is 8.41. The molecule has 3 aromatic heterocycles. The summed E-state index contributed by atoms with van der Waals surface area (Å²) in [5.74, 6) is 1.96. The molecule has 3 heterocycles. The molecule has 0 atom stereocenters. The Morgan fingerprint density at radius 2 is 1.94 bits per heavy atom. The van der Waals surface area contributed by atoms with Gasteiger partial charge in [-0.25, -0.2) is 4.98 Å². The molecule has 7 nitrogen and oxygen atoms in total. The van der Waals surface area contributed by atoms with E-state index in [1.54, 1.807) is 6.20 Å². The minimum Gasteiger partial charge on any atom is -0.420 e. The molecule has 2 aromatic carbocycles. The maximum Gasteiger partial charge on any atom is 0.253 e. The predicted molar refractivity (Wildman–Crippen MR) is 118 cm³/mol. The molecular weight excluding hydrogens is 434 g/mol. The number of aromatic nitrogens is 5. The highest BCUT2D eigenvalue weighted by Crippen LogP contribution is 2.34. The topological polar surface area (TPSA) is 82.8 Å². The zero-order valence-electron chi connectivity index (χ0n) is 16.4. The molecule has 0 bridgehead atoms. The number of rotatable bonds is 6. The minimum absolute atomic E-state index is 0.381. The molecule has 5 rings (SSSR count). The summed E-state index contributed by atoms with van der Waals surface area (Å²) in [4.78, 5) is 4.43. The highest BCUT2D eigenvalue weighted by molar-refractivity contribution is 7.98. The Kier molecular flexibility index (Phi) is 5.31. The normalized spacial score (nSPS) is 11.2. The number of hydrogen-bond acceptors (Lipinski definition) is 7. The van der Waals surface area contributed by atoms with E-state index in [0.717, 1.165) is 16.4 Å². The molecule has 9 heteroatoms. The van der Waals surface area contributed by atoms with Gasteiger partial charge >= 0.3 is 0 Å². The standard InChI is InChI=1S/C22H16ClN5O2S/c1-14-19(20(27-30-14)15-6-3-2-4-7-15)21-26-25-18(29-21)13-31-22-24-10-11-28(22)17-9-5-8-16(23)12-17/h2-12H,13H2,1H3. The molecule has 0 aliphatic heterocycles. The third-order valence-electron chi connectivity index (χ3n) is 4.61. The summed E-state index contributed by atoms with van der Waals surface area (Å²) in [6.45, 7) is 1.83. The lowest BCUT2D eigenvalue weighted by atomic mass is 10.1. The van der Waals surface area contributed by atoms with E-state index < -0.39 is 0 Å². The van der Waals surface area contributed by atoms with E-state index in [-0.39, 0.29) is 0 Å². The molecule has 0 saturated carbocycles. The molecule has 0 radical (unpaired) electrons. The zero-order valence-corrected chi connectivity index (χ0v) is 18.0. The third kappa shape index (κ3) is 3.99. The quantitative estimate of drug-likeness (QED) is 0.301. The highest BCUT2D eigenvalue weighted by atomic mass is 35.5. The van der Waals surface area contributed by atoms with Crippen molar-refractivity contribution >= 4 is 23.4 Å². The van der Waals surface area contributed by atoms with Gasteiger partial charge in [0.15, 0.2) is 5.16 Å². The van der Waals surface area contributed by atoms with Gasteiger partial charge in [-0.2, -0.15) is 0 Å². The molecule has 0 amide bonds. The molecule has 0 unspecified atom stereocenters. The van der Waals surface area contributed by atoms with Gasteiger partial charge in [-0.1, -0.05) is 64.9 Å². The molecule has 0 spiro atoms. The summed E-state index contributed by atoms with van der Waals surface area (Å²) < 4.78 is 13.3. The van der Waals surface area contributed by atoms with Crippen LogP contribution in [-0.2, 0) is 5.75 Å². The fourth-order valence-corrected chi connectivity index (χ4v) is 4.17. The van der Waals surface area contributed by atoms with E-state index >= 15 is 0 Å². The Bertz CT molecular complexity index is 1330. The zero-order chi connectivity index (χ0) is 21.2. The van der Waals surface area contributed by atoms with Crippen LogP contribution in [0.25, 0.3) is 28.4 Å². The van der Waals surface area contributed by atoms with Crippen molar-refractivity contribution in [1.82, 2.24) is 24.9 Å². The van der Waals surface area contributed by atoms with Gasteiger partial charge in [0.2, 0.25) is 5.89 Å². The summed E-state index contributed by atoms with van der Waals surface area (Å²) >= 11 is 7.62. The van der Waals surface area contributed by atoms with Gasteiger partial charge in [-0.05, 0) is 25.1 Å². The van der Waals surface area contributed by atoms with E-state index in [9.17, 15) is 0 Å². The van der Waals surface area contributed by atoms with Crippen LogP contribution in [0.2, 0.25) is 5.02 Å². The van der Waals surface area contributed by atoms with Crippen molar-refractivity contribution in [3.05, 3.63) is 83.7 Å². The van der Waals surface area contributed by atoms with Crippen molar-refractivity contribution < 1.29 is 8.94 Å². The van der Waals surface area contributed by atoms with Crippen LogP contribution in [0.4, 0.5) is 0 Å². The Morgan fingerprint density at radius 1 is 1.06 bits per heavy atom. The number of benzene rings is 2. The first kappa shape index (κ1) is 19.6. The van der Waals surface area contributed by atoms with Crippen LogP contribution < -0.4 is 0 Å². The summed E-state index contributed by atoms with van der Waals surface area (Å²) in [5, 5.41) is 14.1. The number of halogens is 1. The molecule has 0 fully saturated rings. The van der Waals surface area contributed by atoms with Crippen LogP contribution in [0.15, 0.2) is 81.1 Å². The van der Waals surface area contributed by atoms with Gasteiger partial charge in [-0.15, -0.1) is 10.2 Å². The number of thioether (sulfide) groups is 1. The Labute approximate surface area is 187 Å². The average molecular weight is 450 g/mol. The molecular formula is C22H16ClN5O2S. The molecule has 0 aliphatic rings. The lowest BCUT2D eigenvalue weighted by Gasteiger charge is -2.06. The maximum absolute atomic E-state index is 6.12. The van der Waals surface area contributed by atoms with Crippen LogP contribution >= 0.6 is 23.4 Å². The van der Waals surface area contributed by atoms with Gasteiger partial charge in [0, 0.05) is 28.7 Å². The Hall–Kier alpha value is -3.36. The van der Waals surface area contributed by atoms with Gasteiger partial charge in [0.05, 0.1) is 5.75 Å². The summed E-state index contributed by atoms with van der Waals surface area (Å²) in [6.07, 6.45) is 3.63. The third-order valence-corrected chi connectivity index (χ3v) is 5.80. The largest absolute Gasteiger partial charge is 0.420 e. The fraction of sp³-hybridized carbons (Fsp3) is 0.0909. The molecule has 31 heavy (non-hydrogen) atoms. The molecule has 0 aliphatic carbocycles. The SMILES string of the molecule is Cc1onc(-c2ccccc2)c1-c1nnc(CSc2nccn2-c2cccc(Cl)c2)o1. The molecule has 5 aromatic rings. The first-order chi connectivity index (χ1) is 15.2. The highest BCUT2D eigenvalue weighted by Gasteiger charge is 2.22. The first-order valence-corrected chi connectivity index (χ1v) is 10.8. The van der Waals surface area contributed by atoms with Gasteiger partial charge in [0.25, 0.3) is 5.89 Å². The predicted octanol–water partition coefficient (Wildman–Crippen LogP) is 5.83. The van der Waals surface area contributed by atoms with Gasteiger partial charge in [-0.3, -0.25) is 4.57 Å². The van der Waals surface area contributed by atoms with Crippen molar-refractivity contribution in [3.8, 4) is 28.4 Å². The van der Waals surface area contributed by atoms with Crippen molar-refractivity contribution in [3.63, 3.8) is 0 Å².